The molecule has 0 aromatic heterocycles. The lowest BCUT2D eigenvalue weighted by atomic mass is 10.0. The van der Waals surface area contributed by atoms with Crippen molar-refractivity contribution in [1.29, 1.82) is 0 Å². The molecular weight excluding hydrogens is 413 g/mol. The van der Waals surface area contributed by atoms with Crippen LogP contribution >= 0.6 is 15.9 Å². The zero-order chi connectivity index (χ0) is 18.9. The van der Waals surface area contributed by atoms with Gasteiger partial charge >= 0.3 is 6.18 Å². The summed E-state index contributed by atoms with van der Waals surface area (Å²) in [5, 5.41) is 14.3. The SMILES string of the molecule is O=C(Cc1ccccc1)N1N=C(c2cccc(Br)c2)CC1(O)C(F)(F)F. The van der Waals surface area contributed by atoms with Gasteiger partial charge in [0.15, 0.2) is 0 Å². The fourth-order valence-corrected chi connectivity index (χ4v) is 3.10. The number of carbonyl (C=O) groups is 1. The van der Waals surface area contributed by atoms with Gasteiger partial charge in [-0.3, -0.25) is 4.79 Å². The molecule has 0 saturated heterocycles. The maximum atomic E-state index is 13.5. The highest BCUT2D eigenvalue weighted by Crippen LogP contribution is 2.41. The van der Waals surface area contributed by atoms with Crippen molar-refractivity contribution in [2.75, 3.05) is 0 Å². The zero-order valence-corrected chi connectivity index (χ0v) is 15.0. The fraction of sp³-hybridized carbons (Fsp3) is 0.222. The van der Waals surface area contributed by atoms with Crippen LogP contribution in [0, 0.1) is 0 Å². The normalized spacial score (nSPS) is 20.2. The molecule has 1 aliphatic heterocycles. The molecule has 136 valence electrons. The number of carbonyl (C=O) groups excluding carboxylic acids is 1. The monoisotopic (exact) mass is 426 g/mol. The van der Waals surface area contributed by atoms with E-state index in [4.69, 9.17) is 0 Å². The molecule has 26 heavy (non-hydrogen) atoms. The Kier molecular flexibility index (Phi) is 4.90. The third-order valence-corrected chi connectivity index (χ3v) is 4.52. The number of hydrazone groups is 1. The molecule has 1 heterocycles. The van der Waals surface area contributed by atoms with E-state index < -0.39 is 24.2 Å². The van der Waals surface area contributed by atoms with E-state index in [0.717, 1.165) is 0 Å². The van der Waals surface area contributed by atoms with Crippen molar-refractivity contribution in [3.05, 3.63) is 70.2 Å². The van der Waals surface area contributed by atoms with E-state index in [1.54, 1.807) is 54.6 Å². The van der Waals surface area contributed by atoms with Crippen molar-refractivity contribution >= 4 is 27.5 Å². The second-order valence-corrected chi connectivity index (χ2v) is 6.83. The van der Waals surface area contributed by atoms with E-state index in [1.807, 2.05) is 0 Å². The van der Waals surface area contributed by atoms with Gasteiger partial charge in [-0.2, -0.15) is 23.3 Å². The predicted molar refractivity (Wildman–Crippen MR) is 93.3 cm³/mol. The van der Waals surface area contributed by atoms with E-state index in [-0.39, 0.29) is 17.1 Å². The number of amides is 1. The van der Waals surface area contributed by atoms with Gasteiger partial charge in [-0.25, -0.2) is 0 Å². The summed E-state index contributed by atoms with van der Waals surface area (Å²) >= 11 is 3.25. The topological polar surface area (TPSA) is 52.9 Å². The van der Waals surface area contributed by atoms with Gasteiger partial charge in [0, 0.05) is 4.47 Å². The molecule has 0 aliphatic carbocycles. The first-order valence-corrected chi connectivity index (χ1v) is 8.49. The van der Waals surface area contributed by atoms with Gasteiger partial charge in [-0.15, -0.1) is 0 Å². The Labute approximate surface area is 156 Å². The van der Waals surface area contributed by atoms with Crippen LogP contribution in [-0.2, 0) is 11.2 Å². The van der Waals surface area contributed by atoms with Gasteiger partial charge in [0.25, 0.3) is 5.72 Å². The van der Waals surface area contributed by atoms with Crippen molar-refractivity contribution in [1.82, 2.24) is 5.01 Å². The lowest BCUT2D eigenvalue weighted by molar-refractivity contribution is -0.302. The summed E-state index contributed by atoms with van der Waals surface area (Å²) in [5.74, 6) is -0.930. The van der Waals surface area contributed by atoms with Gasteiger partial charge in [0.05, 0.1) is 18.6 Å². The maximum Gasteiger partial charge on any atom is 0.438 e. The number of nitrogens with zero attached hydrogens (tertiary/aromatic N) is 2. The largest absolute Gasteiger partial charge is 0.438 e. The molecule has 0 spiro atoms. The molecule has 1 aliphatic rings. The molecule has 1 amide bonds. The summed E-state index contributed by atoms with van der Waals surface area (Å²) in [4.78, 5) is 12.5. The number of benzene rings is 2. The summed E-state index contributed by atoms with van der Waals surface area (Å²) in [6, 6.07) is 14.9. The molecule has 4 nitrogen and oxygen atoms in total. The number of alkyl halides is 3. The quantitative estimate of drug-likeness (QED) is 0.809. The average Bonchev–Trinajstić information content (AvgIpc) is 2.95. The molecule has 0 saturated carbocycles. The van der Waals surface area contributed by atoms with E-state index >= 15 is 0 Å². The Hall–Kier alpha value is -2.19. The second kappa shape index (κ2) is 6.85. The van der Waals surface area contributed by atoms with Crippen LogP contribution in [0.25, 0.3) is 0 Å². The highest BCUT2D eigenvalue weighted by Gasteiger charge is 2.63. The average molecular weight is 427 g/mol. The van der Waals surface area contributed by atoms with Crippen LogP contribution in [0.1, 0.15) is 17.5 Å². The van der Waals surface area contributed by atoms with E-state index in [1.165, 1.54) is 0 Å². The van der Waals surface area contributed by atoms with Crippen LogP contribution in [0.2, 0.25) is 0 Å². The molecular formula is C18H14BrF3N2O2. The van der Waals surface area contributed by atoms with Crippen LogP contribution in [0.5, 0.6) is 0 Å². The lowest BCUT2D eigenvalue weighted by Gasteiger charge is -2.32. The molecule has 3 rings (SSSR count). The summed E-state index contributed by atoms with van der Waals surface area (Å²) in [6.07, 6.45) is -6.17. The summed E-state index contributed by atoms with van der Waals surface area (Å²) < 4.78 is 41.3. The Bertz CT molecular complexity index is 855. The molecule has 1 N–H and O–H groups in total. The first kappa shape index (κ1) is 18.6. The van der Waals surface area contributed by atoms with E-state index in [9.17, 15) is 23.1 Å². The molecule has 8 heteroatoms. The Morgan fingerprint density at radius 1 is 1.19 bits per heavy atom. The summed E-state index contributed by atoms with van der Waals surface area (Å²) in [5.41, 5.74) is -2.44. The molecule has 0 bridgehead atoms. The maximum absolute atomic E-state index is 13.5. The number of aliphatic hydroxyl groups is 1. The van der Waals surface area contributed by atoms with Crippen LogP contribution in [0.3, 0.4) is 0 Å². The van der Waals surface area contributed by atoms with Gasteiger partial charge in [0.2, 0.25) is 5.91 Å². The predicted octanol–water partition coefficient (Wildman–Crippen LogP) is 3.88. The van der Waals surface area contributed by atoms with Crippen LogP contribution in [-0.4, -0.2) is 33.6 Å². The van der Waals surface area contributed by atoms with Crippen molar-refractivity contribution in [2.45, 2.75) is 24.7 Å². The zero-order valence-electron chi connectivity index (χ0n) is 13.4. The van der Waals surface area contributed by atoms with Gasteiger partial charge in [-0.05, 0) is 23.3 Å². The third kappa shape index (κ3) is 3.52. The minimum absolute atomic E-state index is 0.00691. The van der Waals surface area contributed by atoms with E-state index in [0.29, 0.717) is 15.6 Å². The van der Waals surface area contributed by atoms with Gasteiger partial charge in [0.1, 0.15) is 0 Å². The molecule has 1 atom stereocenters. The minimum atomic E-state index is -5.05. The Morgan fingerprint density at radius 2 is 1.88 bits per heavy atom. The standard InChI is InChI=1S/C18H14BrF3N2O2/c19-14-8-4-7-13(10-14)15-11-17(26,18(20,21)22)24(23-15)16(25)9-12-5-2-1-3-6-12/h1-8,10,26H,9,11H2. The smallest absolute Gasteiger partial charge is 0.362 e. The Balaban J connectivity index is 1.96. The van der Waals surface area contributed by atoms with E-state index in [2.05, 4.69) is 21.0 Å². The van der Waals surface area contributed by atoms with Crippen molar-refractivity contribution in [3.8, 4) is 0 Å². The Morgan fingerprint density at radius 3 is 2.50 bits per heavy atom. The lowest BCUT2D eigenvalue weighted by Crippen LogP contribution is -2.57. The highest BCUT2D eigenvalue weighted by atomic mass is 79.9. The summed E-state index contributed by atoms with van der Waals surface area (Å²) in [7, 11) is 0. The number of hydrogen-bond acceptors (Lipinski definition) is 3. The molecule has 2 aromatic rings. The second-order valence-electron chi connectivity index (χ2n) is 5.92. The fourth-order valence-electron chi connectivity index (χ4n) is 2.70. The molecule has 2 aromatic carbocycles. The molecule has 1 unspecified atom stereocenters. The molecule has 0 radical (unpaired) electrons. The first-order valence-electron chi connectivity index (χ1n) is 7.70. The van der Waals surface area contributed by atoms with Crippen molar-refractivity contribution < 1.29 is 23.1 Å². The van der Waals surface area contributed by atoms with Gasteiger partial charge in [-0.1, -0.05) is 58.4 Å². The molecule has 0 fully saturated rings. The van der Waals surface area contributed by atoms with Crippen LogP contribution < -0.4 is 0 Å². The minimum Gasteiger partial charge on any atom is -0.362 e. The number of hydrogen-bond donors (Lipinski definition) is 1. The van der Waals surface area contributed by atoms with Crippen LogP contribution in [0.15, 0.2) is 64.2 Å². The van der Waals surface area contributed by atoms with Gasteiger partial charge < -0.3 is 5.11 Å². The first-order chi connectivity index (χ1) is 12.2. The van der Waals surface area contributed by atoms with Crippen molar-refractivity contribution in [2.24, 2.45) is 5.10 Å². The highest BCUT2D eigenvalue weighted by molar-refractivity contribution is 9.10. The number of rotatable bonds is 3. The summed E-state index contributed by atoms with van der Waals surface area (Å²) in [6.45, 7) is 0. The number of halogens is 4. The van der Waals surface area contributed by atoms with Crippen molar-refractivity contribution in [3.63, 3.8) is 0 Å². The third-order valence-electron chi connectivity index (χ3n) is 4.03. The van der Waals surface area contributed by atoms with Crippen LogP contribution in [0.4, 0.5) is 13.2 Å².